The Bertz CT molecular complexity index is 1870. The second-order valence-corrected chi connectivity index (χ2v) is 11.1. The molecule has 1 saturated heterocycles. The molecule has 252 valence electrons. The van der Waals surface area contributed by atoms with Gasteiger partial charge in [-0.1, -0.05) is 91.0 Å². The predicted octanol–water partition coefficient (Wildman–Crippen LogP) is 6.32. The van der Waals surface area contributed by atoms with Crippen LogP contribution in [0.2, 0.25) is 0 Å². The van der Waals surface area contributed by atoms with Gasteiger partial charge in [-0.2, -0.15) is 0 Å². The zero-order valence-electron chi connectivity index (χ0n) is 26.6. The maximum atomic E-state index is 13.7. The molecule has 0 aromatic heterocycles. The summed E-state index contributed by atoms with van der Waals surface area (Å²) >= 11 is 0. The molecule has 1 aliphatic heterocycles. The number of hydrogen-bond acceptors (Lipinski definition) is 10. The van der Waals surface area contributed by atoms with E-state index < -0.39 is 61.2 Å². The van der Waals surface area contributed by atoms with E-state index in [1.165, 1.54) is 0 Å². The van der Waals surface area contributed by atoms with Crippen LogP contribution >= 0.6 is 0 Å². The highest BCUT2D eigenvalue weighted by molar-refractivity contribution is 5.91. The van der Waals surface area contributed by atoms with Gasteiger partial charge in [-0.3, -0.25) is 0 Å². The first-order valence-corrected chi connectivity index (χ1v) is 15.8. The molecule has 0 radical (unpaired) electrons. The Hall–Kier alpha value is -6.26. The molecular formula is C40H32O10. The fraction of sp³-hybridized carbons (Fsp3) is 0.150. The van der Waals surface area contributed by atoms with Crippen LogP contribution in [0.1, 0.15) is 41.4 Å². The lowest BCUT2D eigenvalue weighted by Gasteiger charge is -2.44. The van der Waals surface area contributed by atoms with Crippen molar-refractivity contribution in [2.24, 2.45) is 0 Å². The summed E-state index contributed by atoms with van der Waals surface area (Å²) in [5, 5.41) is 0. The van der Waals surface area contributed by atoms with Gasteiger partial charge in [0, 0.05) is 0 Å². The Morgan fingerprint density at radius 2 is 0.800 bits per heavy atom. The normalized spacial score (nSPS) is 19.7. The topological polar surface area (TPSA) is 124 Å². The van der Waals surface area contributed by atoms with Gasteiger partial charge in [0.2, 0.25) is 12.4 Å². The van der Waals surface area contributed by atoms with Gasteiger partial charge in [-0.25, -0.2) is 19.2 Å². The van der Waals surface area contributed by atoms with Crippen LogP contribution in [-0.2, 0) is 23.7 Å². The Morgan fingerprint density at radius 1 is 0.440 bits per heavy atom. The van der Waals surface area contributed by atoms with Crippen LogP contribution in [0.15, 0.2) is 152 Å². The number of rotatable bonds is 11. The molecule has 10 nitrogen and oxygen atoms in total. The minimum absolute atomic E-state index is 0.188. The number of hydrogen-bond donors (Lipinski definition) is 0. The zero-order chi connectivity index (χ0) is 34.7. The first-order valence-electron chi connectivity index (χ1n) is 15.8. The number of carbonyl (C=O) groups excluding carboxylic acids is 4. The maximum absolute atomic E-state index is 13.7. The number of benzene rings is 5. The van der Waals surface area contributed by atoms with Crippen LogP contribution in [0.5, 0.6) is 5.75 Å². The molecule has 5 atom stereocenters. The fourth-order valence-electron chi connectivity index (χ4n) is 5.26. The van der Waals surface area contributed by atoms with E-state index in [4.69, 9.17) is 28.4 Å². The minimum Gasteiger partial charge on any atom is -0.461 e. The Labute approximate surface area is 288 Å². The highest BCUT2D eigenvalue weighted by atomic mass is 16.7. The molecule has 0 saturated carbocycles. The fourth-order valence-corrected chi connectivity index (χ4v) is 5.26. The van der Waals surface area contributed by atoms with Crippen LogP contribution in [0, 0.1) is 0 Å². The quantitative estimate of drug-likeness (QED) is 0.116. The highest BCUT2D eigenvalue weighted by Crippen LogP contribution is 2.32. The van der Waals surface area contributed by atoms with E-state index in [0.717, 1.165) is 0 Å². The van der Waals surface area contributed by atoms with Gasteiger partial charge in [-0.05, 0) is 60.7 Å². The summed E-state index contributed by atoms with van der Waals surface area (Å²) in [6.45, 7) is -0.451. The molecule has 50 heavy (non-hydrogen) atoms. The van der Waals surface area contributed by atoms with Crippen molar-refractivity contribution in [3.05, 3.63) is 174 Å². The summed E-state index contributed by atoms with van der Waals surface area (Å²) in [5.41, 5.74) is 0.866. The standard InChI is InChI=1S/C40H32O10/c41-36(27-16-6-1-7-17-27)45-26-32-33(48-37(42)28-18-8-2-9-19-28)34(49-38(43)29-20-10-3-11-21-29)35(50-39(44)30-22-12-4-13-23-30)40(47-32)46-31-24-14-5-15-25-31/h1-25,32-35,40H,26H2/t32-,33+,34+,35-,40-/m1/s1. The number of carbonyl (C=O) groups is 4. The van der Waals surface area contributed by atoms with Crippen LogP contribution in [0.4, 0.5) is 0 Å². The van der Waals surface area contributed by atoms with Crippen molar-refractivity contribution in [1.29, 1.82) is 0 Å². The summed E-state index contributed by atoms with van der Waals surface area (Å²) in [6, 6.07) is 41.4. The molecule has 0 unspecified atom stereocenters. The van der Waals surface area contributed by atoms with E-state index in [2.05, 4.69) is 0 Å². The summed E-state index contributed by atoms with van der Waals surface area (Å²) < 4.78 is 36.3. The van der Waals surface area contributed by atoms with E-state index in [-0.39, 0.29) is 22.3 Å². The first kappa shape index (κ1) is 33.6. The van der Waals surface area contributed by atoms with Crippen molar-refractivity contribution in [2.45, 2.75) is 30.7 Å². The van der Waals surface area contributed by atoms with Crippen LogP contribution in [-0.4, -0.2) is 61.2 Å². The molecule has 5 aromatic carbocycles. The summed E-state index contributed by atoms with van der Waals surface area (Å²) in [4.78, 5) is 53.9. The molecular weight excluding hydrogens is 640 g/mol. The van der Waals surface area contributed by atoms with Gasteiger partial charge < -0.3 is 28.4 Å². The summed E-state index contributed by atoms with van der Waals surface area (Å²) in [5.74, 6) is -2.68. The third kappa shape index (κ3) is 8.41. The maximum Gasteiger partial charge on any atom is 0.338 e. The number of para-hydroxylation sites is 1. The van der Waals surface area contributed by atoms with E-state index in [9.17, 15) is 19.2 Å². The van der Waals surface area contributed by atoms with Gasteiger partial charge >= 0.3 is 23.9 Å². The van der Waals surface area contributed by atoms with Crippen molar-refractivity contribution < 1.29 is 47.6 Å². The Morgan fingerprint density at radius 3 is 1.24 bits per heavy atom. The van der Waals surface area contributed by atoms with E-state index >= 15 is 0 Å². The van der Waals surface area contributed by atoms with Crippen LogP contribution < -0.4 is 4.74 Å². The van der Waals surface area contributed by atoms with Crippen molar-refractivity contribution in [3.8, 4) is 5.75 Å². The molecule has 1 heterocycles. The lowest BCUT2D eigenvalue weighted by Crippen LogP contribution is -2.63. The monoisotopic (exact) mass is 672 g/mol. The second kappa shape index (κ2) is 16.2. The van der Waals surface area contributed by atoms with E-state index in [0.29, 0.717) is 5.75 Å². The van der Waals surface area contributed by atoms with Crippen molar-refractivity contribution >= 4 is 23.9 Å². The summed E-state index contributed by atoms with van der Waals surface area (Å²) in [6.07, 6.45) is -7.13. The van der Waals surface area contributed by atoms with Gasteiger partial charge in [0.25, 0.3) is 0 Å². The second-order valence-electron chi connectivity index (χ2n) is 11.1. The smallest absolute Gasteiger partial charge is 0.338 e. The molecule has 0 aliphatic carbocycles. The van der Waals surface area contributed by atoms with Gasteiger partial charge in [0.05, 0.1) is 22.3 Å². The Kier molecular flexibility index (Phi) is 10.9. The van der Waals surface area contributed by atoms with Gasteiger partial charge in [0.15, 0.2) is 12.2 Å². The van der Waals surface area contributed by atoms with Crippen LogP contribution in [0.25, 0.3) is 0 Å². The molecule has 5 aromatic rings. The van der Waals surface area contributed by atoms with Crippen molar-refractivity contribution in [3.63, 3.8) is 0 Å². The van der Waals surface area contributed by atoms with E-state index in [1.54, 1.807) is 152 Å². The van der Waals surface area contributed by atoms with Crippen molar-refractivity contribution in [2.75, 3.05) is 6.61 Å². The molecule has 1 fully saturated rings. The molecule has 0 spiro atoms. The Balaban J connectivity index is 1.41. The SMILES string of the molecule is O=C(OC[C@H]1O[C@@H](Oc2ccccc2)[C@H](OC(=O)c2ccccc2)[C@@H](OC(=O)c2ccccc2)[C@H]1OC(=O)c1ccccc1)c1ccccc1. The molecule has 0 bridgehead atoms. The number of esters is 4. The van der Waals surface area contributed by atoms with Crippen molar-refractivity contribution in [1.82, 2.24) is 0 Å². The molecule has 0 amide bonds. The summed E-state index contributed by atoms with van der Waals surface area (Å²) in [7, 11) is 0. The molecule has 0 N–H and O–H groups in total. The zero-order valence-corrected chi connectivity index (χ0v) is 26.6. The largest absolute Gasteiger partial charge is 0.461 e. The number of ether oxygens (including phenoxy) is 6. The lowest BCUT2D eigenvalue weighted by atomic mass is 9.97. The average Bonchev–Trinajstić information content (AvgIpc) is 3.17. The highest BCUT2D eigenvalue weighted by Gasteiger charge is 2.54. The van der Waals surface area contributed by atoms with Gasteiger partial charge in [0.1, 0.15) is 18.5 Å². The average molecular weight is 673 g/mol. The van der Waals surface area contributed by atoms with E-state index in [1.807, 2.05) is 0 Å². The predicted molar refractivity (Wildman–Crippen MR) is 179 cm³/mol. The molecule has 6 rings (SSSR count). The third-order valence-electron chi connectivity index (χ3n) is 7.73. The van der Waals surface area contributed by atoms with Gasteiger partial charge in [-0.15, -0.1) is 0 Å². The van der Waals surface area contributed by atoms with Crippen LogP contribution in [0.3, 0.4) is 0 Å². The third-order valence-corrected chi connectivity index (χ3v) is 7.73. The molecule has 10 heteroatoms. The molecule has 1 aliphatic rings. The first-order chi connectivity index (χ1) is 24.5. The minimum atomic E-state index is -1.51. The lowest BCUT2D eigenvalue weighted by molar-refractivity contribution is -0.275.